The molecule has 5 aromatic heterocycles. The molecular weight excluding hydrogens is 1790 g/mol. The summed E-state index contributed by atoms with van der Waals surface area (Å²) in [4.78, 5) is 73.5. The number of carbonyl (C=O) groups excluding carboxylic acids is 5. The molecule has 23 rings (SSSR count). The molecule has 5 atom stereocenters. The summed E-state index contributed by atoms with van der Waals surface area (Å²) in [5.41, 5.74) is 21.1. The van der Waals surface area contributed by atoms with Crippen LogP contribution in [0.1, 0.15) is 93.0 Å². The third kappa shape index (κ3) is 23.4. The van der Waals surface area contributed by atoms with E-state index in [1.165, 1.54) is 36.0 Å². The summed E-state index contributed by atoms with van der Waals surface area (Å²) in [6.45, 7) is 11.8. The number of rotatable bonds is 25. The first-order valence-corrected chi connectivity index (χ1v) is 48.6. The van der Waals surface area contributed by atoms with E-state index in [9.17, 15) is 24.0 Å². The van der Waals surface area contributed by atoms with Crippen LogP contribution < -0.4 is 75.2 Å². The summed E-state index contributed by atoms with van der Waals surface area (Å²) in [5.74, 6) is 3.07. The van der Waals surface area contributed by atoms with E-state index in [0.29, 0.717) is 103 Å². The van der Waals surface area contributed by atoms with Gasteiger partial charge in [-0.1, -0.05) is 141 Å². The molecule has 8 aliphatic rings. The Bertz CT molecular complexity index is 6660. The topological polar surface area (TPSA) is 320 Å². The van der Waals surface area contributed by atoms with Crippen LogP contribution in [0.4, 0.5) is 28.4 Å². The number of amides is 5. The van der Waals surface area contributed by atoms with Crippen LogP contribution in [0.5, 0.6) is 28.7 Å². The minimum Gasteiger partial charge on any atom is -0.477 e. The zero-order valence-corrected chi connectivity index (χ0v) is 79.4. The zero-order chi connectivity index (χ0) is 97.1. The molecule has 2 saturated carbocycles. The maximum absolute atomic E-state index is 12.9. The number of ether oxygens (including phenoxy) is 6. The maximum atomic E-state index is 12.9. The summed E-state index contributed by atoms with van der Waals surface area (Å²) >= 11 is 0. The normalized spacial score (nSPS) is 17.7. The number of nitrogens with zero attached hydrogens (tertiary/aromatic N) is 15. The quantitative estimate of drug-likeness (QED) is 0.0355. The molecule has 0 bridgehead atoms. The second-order valence-corrected chi connectivity index (χ2v) is 36.7. The number of primary amides is 1. The van der Waals surface area contributed by atoms with E-state index in [-0.39, 0.29) is 29.2 Å². The van der Waals surface area contributed by atoms with Crippen LogP contribution in [0.3, 0.4) is 0 Å². The first-order valence-electron chi connectivity index (χ1n) is 48.6. The van der Waals surface area contributed by atoms with Crippen molar-refractivity contribution in [1.82, 2.24) is 70.2 Å². The van der Waals surface area contributed by atoms with Gasteiger partial charge in [0, 0.05) is 113 Å². The first-order chi connectivity index (χ1) is 69.6. The van der Waals surface area contributed by atoms with Crippen molar-refractivity contribution in [3.8, 4) is 57.2 Å². The summed E-state index contributed by atoms with van der Waals surface area (Å²) < 4.78 is 44.2. The van der Waals surface area contributed by atoms with Crippen LogP contribution in [-0.2, 0) is 61.4 Å². The second kappa shape index (κ2) is 44.6. The Kier molecular flexibility index (Phi) is 29.7. The van der Waals surface area contributed by atoms with Crippen molar-refractivity contribution in [3.05, 3.63) is 363 Å². The lowest BCUT2D eigenvalue weighted by molar-refractivity contribution is -0.137. The Balaban J connectivity index is 0.000000113. The van der Waals surface area contributed by atoms with Crippen molar-refractivity contribution in [2.45, 2.75) is 146 Å². The smallest absolute Gasteiger partial charge is 0.263 e. The number of para-hydroxylation sites is 10. The Hall–Kier alpha value is -16.4. The molecule has 5 amide bonds. The fourth-order valence-corrected chi connectivity index (χ4v) is 18.4. The van der Waals surface area contributed by atoms with Gasteiger partial charge >= 0.3 is 0 Å². The van der Waals surface area contributed by atoms with Crippen LogP contribution in [0.2, 0.25) is 0 Å². The number of anilines is 5. The predicted octanol–water partition coefficient (Wildman–Crippen LogP) is 14.8. The van der Waals surface area contributed by atoms with Crippen molar-refractivity contribution >= 4 is 58.0 Å². The van der Waals surface area contributed by atoms with Crippen molar-refractivity contribution in [2.75, 3.05) is 77.0 Å². The van der Waals surface area contributed by atoms with Gasteiger partial charge < -0.3 is 79.9 Å². The lowest BCUT2D eigenvalue weighted by Crippen LogP contribution is -2.63. The molecule has 31 nitrogen and oxygen atoms in total. The molecular formula is C111H116N20O11. The highest BCUT2D eigenvalue weighted by molar-refractivity contribution is 5.87. The number of carbonyl (C=O) groups is 5. The van der Waals surface area contributed by atoms with E-state index in [4.69, 9.17) is 34.2 Å². The monoisotopic (exact) mass is 1900 g/mol. The van der Waals surface area contributed by atoms with Crippen LogP contribution >= 0.6 is 0 Å². The van der Waals surface area contributed by atoms with E-state index in [0.717, 1.165) is 123 Å². The van der Waals surface area contributed by atoms with Gasteiger partial charge in [-0.3, -0.25) is 24.0 Å². The molecule has 1 saturated heterocycles. The Labute approximate surface area is 824 Å². The lowest BCUT2D eigenvalue weighted by Gasteiger charge is -2.41. The zero-order valence-electron chi connectivity index (χ0n) is 79.4. The van der Waals surface area contributed by atoms with Crippen LogP contribution in [0, 0.1) is 0 Å². The summed E-state index contributed by atoms with van der Waals surface area (Å²) in [7, 11) is 0. The fraction of sp³-hybridized carbons (Fsp3) is 0.279. The highest BCUT2D eigenvalue weighted by Crippen LogP contribution is 2.41. The Morgan fingerprint density at radius 2 is 0.577 bits per heavy atom. The van der Waals surface area contributed by atoms with Crippen molar-refractivity contribution < 1.29 is 52.4 Å². The fourth-order valence-electron chi connectivity index (χ4n) is 18.4. The van der Waals surface area contributed by atoms with E-state index < -0.39 is 36.4 Å². The minimum atomic E-state index is -0.641. The summed E-state index contributed by atoms with van der Waals surface area (Å²) in [6, 6.07) is 91.0. The maximum Gasteiger partial charge on any atom is 0.263 e. The Morgan fingerprint density at radius 3 is 0.817 bits per heavy atom. The minimum absolute atomic E-state index is 0.00423. The Morgan fingerprint density at radius 1 is 0.324 bits per heavy atom. The van der Waals surface area contributed by atoms with Crippen LogP contribution in [0.15, 0.2) is 335 Å². The molecule has 3 fully saturated rings. The average Bonchev–Trinajstić information content (AvgIpc) is 0.937. The summed E-state index contributed by atoms with van der Waals surface area (Å²) in [5, 5.41) is 33.6. The number of aromatic nitrogens is 10. The molecule has 0 radical (unpaired) electrons. The van der Waals surface area contributed by atoms with Gasteiger partial charge in [-0.2, -0.15) is 25.5 Å². The number of hydrogen-bond acceptors (Lipinski definition) is 21. The van der Waals surface area contributed by atoms with Crippen molar-refractivity contribution in [3.63, 3.8) is 0 Å². The van der Waals surface area contributed by atoms with Gasteiger partial charge in [0.2, 0.25) is 0 Å². The van der Waals surface area contributed by atoms with Crippen molar-refractivity contribution in [2.24, 2.45) is 5.73 Å². The van der Waals surface area contributed by atoms with Gasteiger partial charge in [0.05, 0.1) is 108 Å². The molecule has 142 heavy (non-hydrogen) atoms. The van der Waals surface area contributed by atoms with E-state index in [2.05, 4.69) is 187 Å². The van der Waals surface area contributed by atoms with Gasteiger partial charge in [-0.15, -0.1) is 0 Å². The standard InChI is InChI=1S/C24H26N4O2.C23H24N4O3.C23H24N4O2.C22H24N4O2.C19H18N4O2/c29-24(26-19-6-1-2-7-19)23-17-27(21-8-3-4-9-22(21)30-23)16-18-10-12-20(13-11-18)28-15-5-14-25-28;1-23(15-29-16-23)25-22(28)21-14-26(19-5-2-3-6-20(19)30-21)13-17-7-9-18(10-8-17)27-12-4-11-24-27;28-23(25-18-5-3-6-18)22-16-26(20-7-1-2-8-21(20)29-22)15-17-9-11-19(12-10-17)27-14-4-13-24-27;1-2-12-23-22(27)21-16-25(19-6-3-4-7-20(19)28-21)15-17-8-10-18(11-9-17)26-14-5-13-24-26;20-19(24)18-13-22(16-4-1-2-5-17(16)25-18)12-14-6-8-15(9-7-14)23-11-3-10-21-23/h3-5,8-15,19,23H,1-2,6-7,16-17H2,(H,26,29);2-12,21H,13-16H2,1H3,(H,25,28);1-2,4,7-14,18,22H,3,5-6,15-16H2,(H,25,28);3-11,13-14,21H,2,12,15-16H2,1H3,(H,23,27);1-11,18H,12-13H2,(H2,20,24). The van der Waals surface area contributed by atoms with Crippen molar-refractivity contribution in [1.29, 1.82) is 0 Å². The van der Waals surface area contributed by atoms with E-state index in [1.807, 2.05) is 226 Å². The molecule has 6 aliphatic heterocycles. The SMILES string of the molecule is CC1(NC(=O)C2CN(Cc3ccc(-n4cccn4)cc3)c3ccccc3O2)COC1.CCCNC(=O)C1CN(Cc2ccc(-n3cccn3)cc2)c2ccccc2O1.NC(=O)C1CN(Cc2ccc(-n3cccn3)cc2)c2ccccc2O1.O=C(NC1CCC1)C1CN(Cc2ccc(-n3cccn3)cc2)c2ccccc2O1.O=C(NC1CCCC1)C1CN(Cc2ccc(-n3cccn3)cc2)c2ccccc2O1. The predicted molar refractivity (Wildman–Crippen MR) is 543 cm³/mol. The third-order valence-electron chi connectivity index (χ3n) is 26.2. The molecule has 6 N–H and O–H groups in total. The molecule has 2 aliphatic carbocycles. The molecule has 15 aromatic rings. The van der Waals surface area contributed by atoms with Gasteiger partial charge in [0.25, 0.3) is 29.5 Å². The molecule has 0 spiro atoms. The molecule has 726 valence electrons. The highest BCUT2D eigenvalue weighted by atomic mass is 16.5. The van der Waals surface area contributed by atoms with E-state index >= 15 is 0 Å². The molecule has 10 aromatic carbocycles. The van der Waals surface area contributed by atoms with Gasteiger partial charge in [-0.25, -0.2) is 23.4 Å². The van der Waals surface area contributed by atoms with Gasteiger partial charge in [0.1, 0.15) is 28.7 Å². The summed E-state index contributed by atoms with van der Waals surface area (Å²) in [6.07, 6.45) is 24.5. The van der Waals surface area contributed by atoms with E-state index in [1.54, 1.807) is 31.0 Å². The van der Waals surface area contributed by atoms with Gasteiger partial charge in [-0.05, 0) is 225 Å². The van der Waals surface area contributed by atoms with Gasteiger partial charge in [0.15, 0.2) is 30.5 Å². The number of fused-ring (bicyclic) bond motifs is 5. The number of hydrogen-bond donors (Lipinski definition) is 5. The highest BCUT2D eigenvalue weighted by Gasteiger charge is 2.41. The van der Waals surface area contributed by atoms with Crippen LogP contribution in [0.25, 0.3) is 28.4 Å². The number of nitrogens with two attached hydrogens (primary N) is 1. The molecule has 31 heteroatoms. The average molecular weight is 1910 g/mol. The number of nitrogens with one attached hydrogen (secondary N) is 4. The van der Waals surface area contributed by atoms with Crippen LogP contribution in [-0.4, -0.2) is 179 Å². The second-order valence-electron chi connectivity index (χ2n) is 36.7. The lowest BCUT2D eigenvalue weighted by atomic mass is 9.93. The third-order valence-corrected chi connectivity index (χ3v) is 26.2. The molecule has 5 unspecified atom stereocenters. The first kappa shape index (κ1) is 94.5. The largest absolute Gasteiger partial charge is 0.477 e. The number of benzene rings is 10. The molecule has 11 heterocycles.